The van der Waals surface area contributed by atoms with Crippen molar-refractivity contribution in [2.45, 2.75) is 78.7 Å². The molecule has 0 radical (unpaired) electrons. The van der Waals surface area contributed by atoms with Crippen LogP contribution in [-0.2, 0) is 11.3 Å². The largest absolute Gasteiger partial charge is 0.357 e. The summed E-state index contributed by atoms with van der Waals surface area (Å²) in [6.07, 6.45) is 4.70. The third-order valence-corrected chi connectivity index (χ3v) is 5.51. The van der Waals surface area contributed by atoms with Crippen LogP contribution in [0.3, 0.4) is 0 Å². The molecule has 0 unspecified atom stereocenters. The number of nitrogens with one attached hydrogen (secondary N) is 2. The SMILES string of the molecule is CC.CC(C)c1cc2[nH]c(CNC(=O)C3(C)CC3)cc2cc1C1CC1. The first-order chi connectivity index (χ1) is 12.0. The quantitative estimate of drug-likeness (QED) is 0.730. The zero-order valence-electron chi connectivity index (χ0n) is 16.3. The summed E-state index contributed by atoms with van der Waals surface area (Å²) in [6, 6.07) is 6.88. The van der Waals surface area contributed by atoms with Gasteiger partial charge in [0.2, 0.25) is 5.91 Å². The fourth-order valence-corrected chi connectivity index (χ4v) is 3.42. The number of hydrogen-bond donors (Lipinski definition) is 2. The second kappa shape index (κ2) is 6.86. The van der Waals surface area contributed by atoms with Crippen LogP contribution in [0, 0.1) is 5.41 Å². The summed E-state index contributed by atoms with van der Waals surface area (Å²) in [4.78, 5) is 15.6. The van der Waals surface area contributed by atoms with Crippen molar-refractivity contribution in [1.82, 2.24) is 10.3 Å². The molecular formula is C22H32N2O. The molecule has 3 nitrogen and oxygen atoms in total. The predicted molar refractivity (Wildman–Crippen MR) is 105 cm³/mol. The van der Waals surface area contributed by atoms with Crippen molar-refractivity contribution in [3.8, 4) is 0 Å². The lowest BCUT2D eigenvalue weighted by atomic mass is 9.93. The van der Waals surface area contributed by atoms with Crippen molar-refractivity contribution in [2.24, 2.45) is 5.41 Å². The number of amides is 1. The fraction of sp³-hybridized carbons (Fsp3) is 0.591. The van der Waals surface area contributed by atoms with Gasteiger partial charge in [0.25, 0.3) is 0 Å². The van der Waals surface area contributed by atoms with Crippen LogP contribution in [0.4, 0.5) is 0 Å². The molecule has 0 spiro atoms. The van der Waals surface area contributed by atoms with Gasteiger partial charge in [-0.2, -0.15) is 0 Å². The van der Waals surface area contributed by atoms with Gasteiger partial charge in [-0.25, -0.2) is 0 Å². The number of fused-ring (bicyclic) bond motifs is 1. The Kier molecular flexibility index (Phi) is 4.95. The third kappa shape index (κ3) is 3.75. The van der Waals surface area contributed by atoms with Crippen LogP contribution in [0.5, 0.6) is 0 Å². The van der Waals surface area contributed by atoms with Gasteiger partial charge in [-0.1, -0.05) is 34.6 Å². The monoisotopic (exact) mass is 340 g/mol. The minimum Gasteiger partial charge on any atom is -0.357 e. The zero-order valence-corrected chi connectivity index (χ0v) is 16.3. The Morgan fingerprint density at radius 1 is 1.24 bits per heavy atom. The van der Waals surface area contributed by atoms with E-state index in [1.807, 2.05) is 20.8 Å². The van der Waals surface area contributed by atoms with Gasteiger partial charge in [-0.3, -0.25) is 4.79 Å². The average Bonchev–Trinajstić information content (AvgIpc) is 3.52. The van der Waals surface area contributed by atoms with Gasteiger partial charge >= 0.3 is 0 Å². The highest BCUT2D eigenvalue weighted by atomic mass is 16.2. The smallest absolute Gasteiger partial charge is 0.226 e. The minimum absolute atomic E-state index is 0.101. The van der Waals surface area contributed by atoms with Crippen molar-refractivity contribution in [3.05, 3.63) is 35.0 Å². The number of aromatic amines is 1. The van der Waals surface area contributed by atoms with Gasteiger partial charge in [-0.05, 0) is 66.8 Å². The van der Waals surface area contributed by atoms with E-state index in [4.69, 9.17) is 0 Å². The van der Waals surface area contributed by atoms with Crippen LogP contribution in [0.1, 0.15) is 89.0 Å². The van der Waals surface area contributed by atoms with Crippen LogP contribution < -0.4 is 5.32 Å². The highest BCUT2D eigenvalue weighted by molar-refractivity contribution is 5.85. The van der Waals surface area contributed by atoms with Crippen molar-refractivity contribution in [2.75, 3.05) is 0 Å². The van der Waals surface area contributed by atoms with Crippen LogP contribution in [0.2, 0.25) is 0 Å². The maximum atomic E-state index is 12.1. The van der Waals surface area contributed by atoms with Crippen molar-refractivity contribution in [1.29, 1.82) is 0 Å². The van der Waals surface area contributed by atoms with Crippen molar-refractivity contribution >= 4 is 16.8 Å². The molecule has 2 aliphatic rings. The van der Waals surface area contributed by atoms with E-state index in [0.29, 0.717) is 12.5 Å². The molecule has 0 saturated heterocycles. The molecule has 2 aliphatic carbocycles. The Morgan fingerprint density at radius 2 is 1.92 bits per heavy atom. The molecule has 1 heterocycles. The van der Waals surface area contributed by atoms with E-state index >= 15 is 0 Å². The van der Waals surface area contributed by atoms with Crippen LogP contribution in [0.25, 0.3) is 10.9 Å². The average molecular weight is 341 g/mol. The summed E-state index contributed by atoms with van der Waals surface area (Å²) in [5, 5.41) is 4.36. The number of hydrogen-bond acceptors (Lipinski definition) is 1. The first-order valence-electron chi connectivity index (χ1n) is 9.90. The summed E-state index contributed by atoms with van der Waals surface area (Å²) in [7, 11) is 0. The molecule has 1 aromatic heterocycles. The predicted octanol–water partition coefficient (Wildman–Crippen LogP) is 5.61. The molecule has 0 aliphatic heterocycles. The number of carbonyl (C=O) groups is 1. The van der Waals surface area contributed by atoms with Gasteiger partial charge in [0.1, 0.15) is 0 Å². The molecule has 2 fully saturated rings. The number of aromatic nitrogens is 1. The summed E-state index contributed by atoms with van der Waals surface area (Å²) in [5.41, 5.74) is 5.20. The van der Waals surface area contributed by atoms with Crippen LogP contribution in [-0.4, -0.2) is 10.9 Å². The summed E-state index contributed by atoms with van der Waals surface area (Å²) >= 11 is 0. The lowest BCUT2D eigenvalue weighted by molar-refractivity contribution is -0.125. The number of carbonyl (C=O) groups excluding carboxylic acids is 1. The number of H-pyrrole nitrogens is 1. The summed E-state index contributed by atoms with van der Waals surface area (Å²) in [6.45, 7) is 11.2. The molecule has 2 aromatic rings. The van der Waals surface area contributed by atoms with Gasteiger partial charge in [0.05, 0.1) is 6.54 Å². The van der Waals surface area contributed by atoms with E-state index in [-0.39, 0.29) is 11.3 Å². The topological polar surface area (TPSA) is 44.9 Å². The second-order valence-corrected chi connectivity index (χ2v) is 8.04. The third-order valence-electron chi connectivity index (χ3n) is 5.51. The molecule has 4 rings (SSSR count). The molecule has 2 N–H and O–H groups in total. The van der Waals surface area contributed by atoms with Crippen LogP contribution >= 0.6 is 0 Å². The molecular weight excluding hydrogens is 308 g/mol. The van der Waals surface area contributed by atoms with E-state index in [1.165, 1.54) is 34.9 Å². The van der Waals surface area contributed by atoms with Crippen molar-refractivity contribution < 1.29 is 4.79 Å². The highest BCUT2D eigenvalue weighted by Crippen LogP contribution is 2.45. The van der Waals surface area contributed by atoms with E-state index in [1.54, 1.807) is 0 Å². The fourth-order valence-electron chi connectivity index (χ4n) is 3.42. The van der Waals surface area contributed by atoms with Crippen molar-refractivity contribution in [3.63, 3.8) is 0 Å². The molecule has 0 atom stereocenters. The minimum atomic E-state index is -0.101. The lowest BCUT2D eigenvalue weighted by Gasteiger charge is -2.12. The number of rotatable bonds is 5. The van der Waals surface area contributed by atoms with E-state index < -0.39 is 0 Å². The maximum Gasteiger partial charge on any atom is 0.226 e. The standard InChI is InChI=1S/C20H26N2O.C2H6/c1-12(2)16-10-18-14(9-17(16)13-4-5-13)8-15(22-18)11-21-19(23)20(3)6-7-20;1-2/h8-10,12-13,22H,4-7,11H2,1-3H3,(H,21,23);1-2H3. The van der Waals surface area contributed by atoms with Crippen LogP contribution in [0.15, 0.2) is 18.2 Å². The molecule has 3 heteroatoms. The summed E-state index contributed by atoms with van der Waals surface area (Å²) in [5.74, 6) is 1.51. The number of benzene rings is 1. The normalized spacial score (nSPS) is 18.0. The summed E-state index contributed by atoms with van der Waals surface area (Å²) < 4.78 is 0. The second-order valence-electron chi connectivity index (χ2n) is 8.04. The Hall–Kier alpha value is -1.77. The molecule has 1 amide bonds. The first kappa shape index (κ1) is 18.0. The van der Waals surface area contributed by atoms with E-state index in [0.717, 1.165) is 24.5 Å². The zero-order chi connectivity index (χ0) is 18.2. The van der Waals surface area contributed by atoms with Gasteiger partial charge < -0.3 is 10.3 Å². The van der Waals surface area contributed by atoms with E-state index in [9.17, 15) is 4.79 Å². The van der Waals surface area contributed by atoms with Gasteiger partial charge in [0, 0.05) is 22.0 Å². The molecule has 25 heavy (non-hydrogen) atoms. The highest BCUT2D eigenvalue weighted by Gasteiger charge is 2.44. The lowest BCUT2D eigenvalue weighted by Crippen LogP contribution is -2.29. The Morgan fingerprint density at radius 3 is 2.48 bits per heavy atom. The molecule has 0 bridgehead atoms. The molecule has 2 saturated carbocycles. The first-order valence-corrected chi connectivity index (χ1v) is 9.90. The Bertz CT molecular complexity index is 725. The molecule has 136 valence electrons. The van der Waals surface area contributed by atoms with E-state index in [2.05, 4.69) is 42.3 Å². The maximum absolute atomic E-state index is 12.1. The Balaban J connectivity index is 0.000000880. The van der Waals surface area contributed by atoms with Gasteiger partial charge in [0.15, 0.2) is 0 Å². The Labute approximate surface area is 151 Å². The van der Waals surface area contributed by atoms with Gasteiger partial charge in [-0.15, -0.1) is 0 Å². The molecule has 1 aromatic carbocycles.